The maximum atomic E-state index is 12.2. The lowest BCUT2D eigenvalue weighted by Gasteiger charge is -2.29. The number of likely N-dealkylation sites (tertiary alicyclic amines) is 1. The van der Waals surface area contributed by atoms with Crippen molar-refractivity contribution in [1.29, 1.82) is 0 Å². The third-order valence-electron chi connectivity index (χ3n) is 3.68. The number of nitro benzene ring substituents is 1. The van der Waals surface area contributed by atoms with Crippen LogP contribution in [0, 0.1) is 16.0 Å². The van der Waals surface area contributed by atoms with Crippen LogP contribution in [-0.2, 0) is 0 Å². The quantitative estimate of drug-likeness (QED) is 0.664. The molecule has 1 aliphatic rings. The number of halogens is 1. The minimum absolute atomic E-state index is 0.0826. The zero-order valence-corrected chi connectivity index (χ0v) is 13.4. The van der Waals surface area contributed by atoms with Crippen molar-refractivity contribution >= 4 is 27.5 Å². The van der Waals surface area contributed by atoms with Crippen molar-refractivity contribution in [3.8, 4) is 0 Å². The van der Waals surface area contributed by atoms with E-state index in [-0.39, 0.29) is 11.6 Å². The van der Waals surface area contributed by atoms with Crippen LogP contribution in [0.5, 0.6) is 0 Å². The van der Waals surface area contributed by atoms with Crippen LogP contribution in [0.4, 0.5) is 5.69 Å². The molecule has 114 valence electrons. The molecule has 0 aliphatic carbocycles. The molecular formula is C14H18BrN3O3. The minimum atomic E-state index is -0.501. The first-order valence-corrected chi connectivity index (χ1v) is 7.67. The maximum absolute atomic E-state index is 12.2. The van der Waals surface area contributed by atoms with Crippen molar-refractivity contribution < 1.29 is 9.72 Å². The zero-order chi connectivity index (χ0) is 15.4. The Balaban J connectivity index is 1.99. The number of amides is 1. The number of nitrogens with zero attached hydrogens (tertiary/aromatic N) is 2. The van der Waals surface area contributed by atoms with E-state index in [0.717, 1.165) is 25.9 Å². The first kappa shape index (κ1) is 15.9. The van der Waals surface area contributed by atoms with Crippen LogP contribution in [0.2, 0.25) is 0 Å². The van der Waals surface area contributed by atoms with E-state index in [0.29, 0.717) is 22.5 Å². The van der Waals surface area contributed by atoms with Crippen LogP contribution in [-0.4, -0.2) is 42.4 Å². The standard InChI is InChI=1S/C14H18BrN3O3/c1-17-6-2-3-10(9-17)8-16-14(19)12-7-11(18(20)21)4-5-13(12)15/h4-5,7,10H,2-3,6,8-9H2,1H3,(H,16,19). The van der Waals surface area contributed by atoms with Gasteiger partial charge in [-0.2, -0.15) is 0 Å². The zero-order valence-electron chi connectivity index (χ0n) is 11.8. The van der Waals surface area contributed by atoms with E-state index in [9.17, 15) is 14.9 Å². The van der Waals surface area contributed by atoms with E-state index in [1.807, 2.05) is 0 Å². The number of carbonyl (C=O) groups is 1. The Morgan fingerprint density at radius 2 is 2.33 bits per heavy atom. The Bertz CT molecular complexity index is 550. The summed E-state index contributed by atoms with van der Waals surface area (Å²) in [6.45, 7) is 2.66. The molecule has 0 saturated carbocycles. The topological polar surface area (TPSA) is 75.5 Å². The highest BCUT2D eigenvalue weighted by atomic mass is 79.9. The van der Waals surface area contributed by atoms with Gasteiger partial charge in [0.05, 0.1) is 10.5 Å². The van der Waals surface area contributed by atoms with Crippen LogP contribution < -0.4 is 5.32 Å². The molecule has 0 bridgehead atoms. The van der Waals surface area contributed by atoms with Gasteiger partial charge in [0, 0.05) is 29.7 Å². The van der Waals surface area contributed by atoms with Crippen LogP contribution in [0.3, 0.4) is 0 Å². The summed E-state index contributed by atoms with van der Waals surface area (Å²) in [7, 11) is 2.07. The van der Waals surface area contributed by atoms with Crippen LogP contribution in [0.1, 0.15) is 23.2 Å². The van der Waals surface area contributed by atoms with E-state index in [4.69, 9.17) is 0 Å². The van der Waals surface area contributed by atoms with Crippen molar-refractivity contribution in [2.24, 2.45) is 5.92 Å². The fraction of sp³-hybridized carbons (Fsp3) is 0.500. The molecule has 7 heteroatoms. The second-order valence-corrected chi connectivity index (χ2v) is 6.26. The lowest BCUT2D eigenvalue weighted by Crippen LogP contribution is -2.39. The molecule has 1 amide bonds. The normalized spacial score (nSPS) is 19.2. The largest absolute Gasteiger partial charge is 0.352 e. The highest BCUT2D eigenvalue weighted by molar-refractivity contribution is 9.10. The molecule has 1 saturated heterocycles. The fourth-order valence-electron chi connectivity index (χ4n) is 2.57. The number of rotatable bonds is 4. The molecule has 1 aliphatic heterocycles. The van der Waals surface area contributed by atoms with Crippen molar-refractivity contribution in [1.82, 2.24) is 10.2 Å². The monoisotopic (exact) mass is 355 g/mol. The molecule has 0 spiro atoms. The third-order valence-corrected chi connectivity index (χ3v) is 4.37. The molecule has 21 heavy (non-hydrogen) atoms. The maximum Gasteiger partial charge on any atom is 0.270 e. The first-order valence-electron chi connectivity index (χ1n) is 6.88. The van der Waals surface area contributed by atoms with E-state index in [2.05, 4.69) is 33.2 Å². The van der Waals surface area contributed by atoms with Gasteiger partial charge >= 0.3 is 0 Å². The number of piperidine rings is 1. The summed E-state index contributed by atoms with van der Waals surface area (Å²) in [6.07, 6.45) is 2.23. The van der Waals surface area contributed by atoms with Gasteiger partial charge in [-0.3, -0.25) is 14.9 Å². The molecule has 0 aromatic heterocycles. The van der Waals surface area contributed by atoms with Crippen LogP contribution in [0.25, 0.3) is 0 Å². The van der Waals surface area contributed by atoms with Crippen LogP contribution in [0.15, 0.2) is 22.7 Å². The number of non-ortho nitro benzene ring substituents is 1. The lowest BCUT2D eigenvalue weighted by molar-refractivity contribution is -0.384. The Morgan fingerprint density at radius 1 is 1.57 bits per heavy atom. The van der Waals surface area contributed by atoms with E-state index >= 15 is 0 Å². The molecule has 0 radical (unpaired) electrons. The Labute approximate surface area is 131 Å². The summed E-state index contributed by atoms with van der Waals surface area (Å²) < 4.78 is 0.561. The predicted molar refractivity (Wildman–Crippen MR) is 83.4 cm³/mol. The molecule has 1 aromatic rings. The van der Waals surface area contributed by atoms with Gasteiger partial charge in [0.2, 0.25) is 0 Å². The predicted octanol–water partition coefficient (Wildman–Crippen LogP) is 2.43. The number of hydrogen-bond donors (Lipinski definition) is 1. The van der Waals surface area contributed by atoms with Crippen molar-refractivity contribution in [2.75, 3.05) is 26.7 Å². The molecule has 2 rings (SSSR count). The molecule has 1 unspecified atom stereocenters. The average Bonchev–Trinajstić information content (AvgIpc) is 2.45. The second kappa shape index (κ2) is 7.00. The molecular weight excluding hydrogens is 338 g/mol. The highest BCUT2D eigenvalue weighted by Gasteiger charge is 2.20. The van der Waals surface area contributed by atoms with Crippen molar-refractivity contribution in [3.63, 3.8) is 0 Å². The number of nitro groups is 1. The minimum Gasteiger partial charge on any atom is -0.352 e. The van der Waals surface area contributed by atoms with E-state index in [1.165, 1.54) is 18.2 Å². The SMILES string of the molecule is CN1CCCC(CNC(=O)c2cc([N+](=O)[O-])ccc2Br)C1. The highest BCUT2D eigenvalue weighted by Crippen LogP contribution is 2.22. The van der Waals surface area contributed by atoms with Gasteiger partial charge in [0.1, 0.15) is 0 Å². The van der Waals surface area contributed by atoms with E-state index in [1.54, 1.807) is 0 Å². The number of benzene rings is 1. The summed E-state index contributed by atoms with van der Waals surface area (Å²) in [5.74, 6) is 0.156. The molecule has 1 atom stereocenters. The molecule has 1 heterocycles. The Hall–Kier alpha value is -1.47. The summed E-state index contributed by atoms with van der Waals surface area (Å²) >= 11 is 3.26. The number of hydrogen-bond acceptors (Lipinski definition) is 4. The molecule has 1 aromatic carbocycles. The summed E-state index contributed by atoms with van der Waals surface area (Å²) in [6, 6.07) is 4.20. The van der Waals surface area contributed by atoms with Crippen molar-refractivity contribution in [2.45, 2.75) is 12.8 Å². The van der Waals surface area contributed by atoms with Crippen LogP contribution >= 0.6 is 15.9 Å². The Morgan fingerprint density at radius 3 is 3.00 bits per heavy atom. The van der Waals surface area contributed by atoms with E-state index < -0.39 is 4.92 Å². The molecule has 6 nitrogen and oxygen atoms in total. The smallest absolute Gasteiger partial charge is 0.270 e. The first-order chi connectivity index (χ1) is 9.97. The van der Waals surface area contributed by atoms with Gasteiger partial charge in [-0.05, 0) is 54.3 Å². The van der Waals surface area contributed by atoms with Gasteiger partial charge in [0.25, 0.3) is 11.6 Å². The van der Waals surface area contributed by atoms with Gasteiger partial charge in [-0.25, -0.2) is 0 Å². The summed E-state index contributed by atoms with van der Waals surface area (Å²) in [4.78, 5) is 24.7. The Kier molecular flexibility index (Phi) is 5.30. The van der Waals surface area contributed by atoms with Gasteiger partial charge in [-0.1, -0.05) is 0 Å². The summed E-state index contributed by atoms with van der Waals surface area (Å²) in [5.41, 5.74) is 0.217. The van der Waals surface area contributed by atoms with Gasteiger partial charge in [-0.15, -0.1) is 0 Å². The third kappa shape index (κ3) is 4.25. The molecule has 1 N–H and O–H groups in total. The lowest BCUT2D eigenvalue weighted by atomic mass is 9.98. The summed E-state index contributed by atoms with van der Waals surface area (Å²) in [5, 5.41) is 13.7. The fourth-order valence-corrected chi connectivity index (χ4v) is 3.00. The van der Waals surface area contributed by atoms with Gasteiger partial charge in [0.15, 0.2) is 0 Å². The molecule has 1 fully saturated rings. The number of carbonyl (C=O) groups excluding carboxylic acids is 1. The number of nitrogens with one attached hydrogen (secondary N) is 1. The second-order valence-electron chi connectivity index (χ2n) is 5.40. The van der Waals surface area contributed by atoms with Crippen molar-refractivity contribution in [3.05, 3.63) is 38.3 Å². The average molecular weight is 356 g/mol. The van der Waals surface area contributed by atoms with Gasteiger partial charge < -0.3 is 10.2 Å².